The summed E-state index contributed by atoms with van der Waals surface area (Å²) in [4.78, 5) is 1.81. The molecule has 0 saturated heterocycles. The number of hydrogen-bond acceptors (Lipinski definition) is 4. The van der Waals surface area contributed by atoms with E-state index in [2.05, 4.69) is 0 Å². The number of rotatable bonds is 3. The number of hydrogen-bond donors (Lipinski definition) is 2. The first-order valence-corrected chi connectivity index (χ1v) is 7.92. The van der Waals surface area contributed by atoms with E-state index in [1.807, 2.05) is 24.3 Å². The summed E-state index contributed by atoms with van der Waals surface area (Å²) in [5, 5.41) is 1.13. The van der Waals surface area contributed by atoms with Gasteiger partial charge in [-0.1, -0.05) is 56.9 Å². The molecule has 0 aliphatic heterocycles. The van der Waals surface area contributed by atoms with Crippen LogP contribution in [0.4, 0.5) is 11.4 Å². The van der Waals surface area contributed by atoms with E-state index in [1.165, 1.54) is 21.6 Å². The lowest BCUT2D eigenvalue weighted by Gasteiger charge is -2.07. The van der Waals surface area contributed by atoms with Crippen molar-refractivity contribution in [1.29, 1.82) is 0 Å². The van der Waals surface area contributed by atoms with Crippen LogP contribution in [0.15, 0.2) is 46.2 Å². The van der Waals surface area contributed by atoms with E-state index in [4.69, 9.17) is 34.7 Å². The lowest BCUT2D eigenvalue weighted by atomic mass is 10.3. The van der Waals surface area contributed by atoms with Crippen LogP contribution < -0.4 is 11.5 Å². The minimum absolute atomic E-state index is 0.565. The Morgan fingerprint density at radius 1 is 0.722 bits per heavy atom. The maximum absolute atomic E-state index is 6.11. The first-order valence-electron chi connectivity index (χ1n) is 5.02. The number of nitrogens with two attached hydrogens (primary N) is 2. The summed E-state index contributed by atoms with van der Waals surface area (Å²) in [6.07, 6.45) is 0. The van der Waals surface area contributed by atoms with Gasteiger partial charge in [0.05, 0.1) is 21.4 Å². The minimum atomic E-state index is 0.565. The van der Waals surface area contributed by atoms with Crippen molar-refractivity contribution in [2.45, 2.75) is 9.79 Å². The SMILES string of the molecule is Nc1cccc(SSc2cccc(N)c2Cl)c1Cl. The molecule has 4 N–H and O–H groups in total. The van der Waals surface area contributed by atoms with Crippen molar-refractivity contribution in [2.75, 3.05) is 11.5 Å². The molecule has 0 fully saturated rings. The first kappa shape index (κ1) is 13.7. The molecule has 2 aromatic rings. The van der Waals surface area contributed by atoms with Crippen LogP contribution in [0, 0.1) is 0 Å². The summed E-state index contributed by atoms with van der Waals surface area (Å²) in [6, 6.07) is 11.1. The van der Waals surface area contributed by atoms with Crippen LogP contribution in [-0.4, -0.2) is 0 Å². The molecular formula is C12H10Cl2N2S2. The van der Waals surface area contributed by atoms with Gasteiger partial charge in [0.15, 0.2) is 0 Å². The number of anilines is 2. The molecule has 0 unspecified atom stereocenters. The van der Waals surface area contributed by atoms with Gasteiger partial charge in [0.2, 0.25) is 0 Å². The highest BCUT2D eigenvalue weighted by Crippen LogP contribution is 2.45. The molecule has 0 bridgehead atoms. The Morgan fingerprint density at radius 3 is 1.50 bits per heavy atom. The second-order valence-corrected chi connectivity index (χ2v) is 6.45. The van der Waals surface area contributed by atoms with Gasteiger partial charge >= 0.3 is 0 Å². The topological polar surface area (TPSA) is 52.0 Å². The van der Waals surface area contributed by atoms with Crippen molar-refractivity contribution >= 4 is 56.2 Å². The van der Waals surface area contributed by atoms with E-state index in [9.17, 15) is 0 Å². The Bertz CT molecular complexity index is 524. The lowest BCUT2D eigenvalue weighted by Crippen LogP contribution is -1.87. The van der Waals surface area contributed by atoms with Crippen molar-refractivity contribution < 1.29 is 0 Å². The maximum Gasteiger partial charge on any atom is 0.0779 e. The van der Waals surface area contributed by atoms with Crippen molar-refractivity contribution in [3.8, 4) is 0 Å². The zero-order valence-corrected chi connectivity index (χ0v) is 12.3. The van der Waals surface area contributed by atoms with Crippen LogP contribution >= 0.6 is 44.8 Å². The fraction of sp³-hybridized carbons (Fsp3) is 0. The second kappa shape index (κ2) is 5.97. The lowest BCUT2D eigenvalue weighted by molar-refractivity contribution is 1.46. The van der Waals surface area contributed by atoms with E-state index < -0.39 is 0 Å². The summed E-state index contributed by atoms with van der Waals surface area (Å²) in [5.41, 5.74) is 12.6. The molecule has 6 heteroatoms. The van der Waals surface area contributed by atoms with E-state index in [1.54, 1.807) is 12.1 Å². The molecule has 2 rings (SSSR count). The van der Waals surface area contributed by atoms with Crippen molar-refractivity contribution in [3.05, 3.63) is 46.4 Å². The predicted molar refractivity (Wildman–Crippen MR) is 83.4 cm³/mol. The van der Waals surface area contributed by atoms with Gasteiger partial charge in [0.25, 0.3) is 0 Å². The van der Waals surface area contributed by atoms with Gasteiger partial charge in [-0.05, 0) is 24.3 Å². The largest absolute Gasteiger partial charge is 0.397 e. The third-order valence-electron chi connectivity index (χ3n) is 2.21. The fourth-order valence-electron chi connectivity index (χ4n) is 1.27. The average Bonchev–Trinajstić information content (AvgIpc) is 2.36. The first-order chi connectivity index (χ1) is 8.59. The van der Waals surface area contributed by atoms with Gasteiger partial charge in [-0.25, -0.2) is 0 Å². The molecule has 0 amide bonds. The quantitative estimate of drug-likeness (QED) is 0.621. The van der Waals surface area contributed by atoms with Gasteiger partial charge in [0.1, 0.15) is 0 Å². The summed E-state index contributed by atoms with van der Waals surface area (Å²) in [5.74, 6) is 0. The highest BCUT2D eigenvalue weighted by Gasteiger charge is 2.08. The van der Waals surface area contributed by atoms with Gasteiger partial charge < -0.3 is 11.5 Å². The molecule has 0 aromatic heterocycles. The Hall–Kier alpha value is -0.680. The predicted octanol–water partition coefficient (Wildman–Crippen LogP) is 4.96. The standard InChI is InChI=1S/C12H10Cl2N2S2/c13-11-7(15)3-1-5-9(11)17-18-10-6-2-4-8(16)12(10)14/h1-6H,15-16H2. The van der Waals surface area contributed by atoms with Crippen LogP contribution in [0.25, 0.3) is 0 Å². The molecule has 0 aliphatic rings. The average molecular weight is 317 g/mol. The molecule has 94 valence electrons. The smallest absolute Gasteiger partial charge is 0.0779 e. The summed E-state index contributed by atoms with van der Waals surface area (Å²) in [6.45, 7) is 0. The summed E-state index contributed by atoms with van der Waals surface area (Å²) in [7, 11) is 3.00. The molecule has 0 saturated carbocycles. The van der Waals surface area contributed by atoms with Gasteiger partial charge in [-0.2, -0.15) is 0 Å². The van der Waals surface area contributed by atoms with Gasteiger partial charge in [-0.15, -0.1) is 0 Å². The highest BCUT2D eigenvalue weighted by molar-refractivity contribution is 8.76. The van der Waals surface area contributed by atoms with E-state index in [0.29, 0.717) is 21.4 Å². The molecule has 0 spiro atoms. The van der Waals surface area contributed by atoms with Crippen molar-refractivity contribution in [1.82, 2.24) is 0 Å². The number of benzene rings is 2. The van der Waals surface area contributed by atoms with Crippen LogP contribution in [0.2, 0.25) is 10.0 Å². The maximum atomic E-state index is 6.11. The molecular weight excluding hydrogens is 307 g/mol. The third kappa shape index (κ3) is 3.01. The zero-order valence-electron chi connectivity index (χ0n) is 9.19. The summed E-state index contributed by atoms with van der Waals surface area (Å²) < 4.78 is 0. The summed E-state index contributed by atoms with van der Waals surface area (Å²) >= 11 is 12.2. The monoisotopic (exact) mass is 316 g/mol. The van der Waals surface area contributed by atoms with Crippen molar-refractivity contribution in [3.63, 3.8) is 0 Å². The van der Waals surface area contributed by atoms with Crippen molar-refractivity contribution in [2.24, 2.45) is 0 Å². The Labute approximate surface area is 123 Å². The Balaban J connectivity index is 2.17. The number of nitrogen functional groups attached to an aromatic ring is 2. The molecule has 0 aliphatic carbocycles. The molecule has 18 heavy (non-hydrogen) atoms. The highest BCUT2D eigenvalue weighted by atomic mass is 35.5. The van der Waals surface area contributed by atoms with Gasteiger partial charge in [-0.3, -0.25) is 0 Å². The molecule has 0 heterocycles. The molecule has 2 nitrogen and oxygen atoms in total. The molecule has 0 atom stereocenters. The number of halogens is 2. The Morgan fingerprint density at radius 2 is 1.11 bits per heavy atom. The van der Waals surface area contributed by atoms with Crippen LogP contribution in [-0.2, 0) is 0 Å². The fourth-order valence-corrected chi connectivity index (χ4v) is 4.23. The minimum Gasteiger partial charge on any atom is -0.397 e. The van der Waals surface area contributed by atoms with E-state index in [-0.39, 0.29) is 0 Å². The molecule has 0 radical (unpaired) electrons. The van der Waals surface area contributed by atoms with E-state index >= 15 is 0 Å². The Kier molecular flexibility index (Phi) is 4.56. The second-order valence-electron chi connectivity index (χ2n) is 3.49. The third-order valence-corrected chi connectivity index (χ3v) is 5.73. The van der Waals surface area contributed by atoms with Crippen LogP contribution in [0.1, 0.15) is 0 Å². The van der Waals surface area contributed by atoms with Crippen LogP contribution in [0.3, 0.4) is 0 Å². The zero-order chi connectivity index (χ0) is 13.1. The van der Waals surface area contributed by atoms with Crippen LogP contribution in [0.5, 0.6) is 0 Å². The van der Waals surface area contributed by atoms with E-state index in [0.717, 1.165) is 9.79 Å². The molecule has 2 aromatic carbocycles. The van der Waals surface area contributed by atoms with Gasteiger partial charge in [0, 0.05) is 9.79 Å². The normalized spacial score (nSPS) is 10.6.